The molecule has 0 atom stereocenters. The van der Waals surface area contributed by atoms with Crippen LogP contribution in [0.5, 0.6) is 11.5 Å². The number of ether oxygens (including phenoxy) is 2. The third-order valence-electron chi connectivity index (χ3n) is 4.72. The molecule has 0 aromatic heterocycles. The fraction of sp³-hybridized carbons (Fsp3) is 0.208. The number of methoxy groups -OCH3 is 1. The summed E-state index contributed by atoms with van der Waals surface area (Å²) in [5, 5.41) is 2.95. The van der Waals surface area contributed by atoms with Gasteiger partial charge in [0.05, 0.1) is 7.11 Å². The molecule has 0 heterocycles. The van der Waals surface area contributed by atoms with Gasteiger partial charge in [0.15, 0.2) is 0 Å². The zero-order valence-corrected chi connectivity index (χ0v) is 16.7. The summed E-state index contributed by atoms with van der Waals surface area (Å²) in [5.74, 6) is 1.30. The van der Waals surface area contributed by atoms with E-state index in [9.17, 15) is 4.79 Å². The molecule has 0 saturated heterocycles. The minimum absolute atomic E-state index is 0.164. The molecule has 0 aliphatic carbocycles. The molecule has 0 radical (unpaired) electrons. The minimum atomic E-state index is -0.164. The maximum atomic E-state index is 12.7. The van der Waals surface area contributed by atoms with Gasteiger partial charge in [-0.2, -0.15) is 0 Å². The molecule has 3 aromatic rings. The number of amides is 1. The van der Waals surface area contributed by atoms with Gasteiger partial charge in [-0.25, -0.2) is 0 Å². The molecule has 0 spiro atoms. The van der Waals surface area contributed by atoms with Gasteiger partial charge in [0.25, 0.3) is 5.91 Å². The van der Waals surface area contributed by atoms with Crippen LogP contribution in [0.15, 0.2) is 60.7 Å². The predicted molar refractivity (Wildman–Crippen MR) is 112 cm³/mol. The zero-order valence-electron chi connectivity index (χ0n) is 16.7. The number of hydrogen-bond acceptors (Lipinski definition) is 3. The van der Waals surface area contributed by atoms with E-state index in [1.807, 2.05) is 69.3 Å². The molecule has 1 amide bonds. The Hall–Kier alpha value is -3.27. The lowest BCUT2D eigenvalue weighted by molar-refractivity contribution is 0.102. The molecular weight excluding hydrogens is 350 g/mol. The van der Waals surface area contributed by atoms with Crippen LogP contribution in [0, 0.1) is 20.8 Å². The van der Waals surface area contributed by atoms with Crippen molar-refractivity contribution in [3.63, 3.8) is 0 Å². The molecule has 0 bridgehead atoms. The van der Waals surface area contributed by atoms with Crippen LogP contribution >= 0.6 is 0 Å². The normalized spacial score (nSPS) is 10.4. The second-order valence-electron chi connectivity index (χ2n) is 6.88. The van der Waals surface area contributed by atoms with Crippen LogP contribution in [0.1, 0.15) is 32.6 Å². The Balaban J connectivity index is 1.76. The Morgan fingerprint density at radius 3 is 2.32 bits per heavy atom. The molecule has 3 rings (SSSR count). The van der Waals surface area contributed by atoms with Gasteiger partial charge in [-0.15, -0.1) is 0 Å². The summed E-state index contributed by atoms with van der Waals surface area (Å²) >= 11 is 0. The summed E-state index contributed by atoms with van der Waals surface area (Å²) in [6.45, 7) is 6.42. The van der Waals surface area contributed by atoms with E-state index in [0.717, 1.165) is 22.6 Å². The Bertz CT molecular complexity index is 978. The Morgan fingerprint density at radius 2 is 1.64 bits per heavy atom. The fourth-order valence-electron chi connectivity index (χ4n) is 2.85. The molecule has 0 unspecified atom stereocenters. The molecule has 3 aromatic carbocycles. The highest BCUT2D eigenvalue weighted by Crippen LogP contribution is 2.23. The maximum Gasteiger partial charge on any atom is 0.255 e. The zero-order chi connectivity index (χ0) is 20.1. The summed E-state index contributed by atoms with van der Waals surface area (Å²) in [4.78, 5) is 12.7. The molecule has 0 aliphatic rings. The number of hydrogen-bond donors (Lipinski definition) is 1. The molecule has 0 fully saturated rings. The van der Waals surface area contributed by atoms with Crippen LogP contribution < -0.4 is 14.8 Å². The quantitative estimate of drug-likeness (QED) is 0.623. The van der Waals surface area contributed by atoms with Gasteiger partial charge in [-0.3, -0.25) is 4.79 Å². The van der Waals surface area contributed by atoms with E-state index in [-0.39, 0.29) is 5.91 Å². The van der Waals surface area contributed by atoms with Crippen molar-refractivity contribution < 1.29 is 14.3 Å². The summed E-state index contributed by atoms with van der Waals surface area (Å²) < 4.78 is 11.3. The summed E-state index contributed by atoms with van der Waals surface area (Å²) in [5.41, 5.74) is 5.66. The standard InChI is InChI=1S/C24H25NO3/c1-16-5-10-22(11-6-16)28-15-20-14-19(8-12-23(20)27-4)24(26)25-21-9-7-17(2)18(3)13-21/h5-14H,15H2,1-4H3,(H,25,26). The minimum Gasteiger partial charge on any atom is -0.496 e. The van der Waals surface area contributed by atoms with Crippen LogP contribution in [-0.2, 0) is 6.61 Å². The van der Waals surface area contributed by atoms with Gasteiger partial charge in [0.2, 0.25) is 0 Å². The Labute approximate surface area is 166 Å². The lowest BCUT2D eigenvalue weighted by atomic mass is 10.1. The van der Waals surface area contributed by atoms with Crippen LogP contribution in [-0.4, -0.2) is 13.0 Å². The van der Waals surface area contributed by atoms with Crippen molar-refractivity contribution in [2.45, 2.75) is 27.4 Å². The first-order valence-corrected chi connectivity index (χ1v) is 9.21. The number of carbonyl (C=O) groups is 1. The number of nitrogens with one attached hydrogen (secondary N) is 1. The molecule has 4 heteroatoms. The first kappa shape index (κ1) is 19.5. The highest BCUT2D eigenvalue weighted by molar-refractivity contribution is 6.04. The van der Waals surface area contributed by atoms with Crippen LogP contribution in [0.4, 0.5) is 5.69 Å². The first-order chi connectivity index (χ1) is 13.5. The predicted octanol–water partition coefficient (Wildman–Crippen LogP) is 5.45. The molecule has 28 heavy (non-hydrogen) atoms. The first-order valence-electron chi connectivity index (χ1n) is 9.21. The summed E-state index contributed by atoms with van der Waals surface area (Å²) in [6.07, 6.45) is 0. The van der Waals surface area contributed by atoms with Crippen molar-refractivity contribution in [2.24, 2.45) is 0 Å². The van der Waals surface area contributed by atoms with Gasteiger partial charge < -0.3 is 14.8 Å². The Morgan fingerprint density at radius 1 is 0.893 bits per heavy atom. The molecule has 144 valence electrons. The van der Waals surface area contributed by atoms with Crippen molar-refractivity contribution in [1.82, 2.24) is 0 Å². The lowest BCUT2D eigenvalue weighted by Gasteiger charge is -2.13. The van der Waals surface area contributed by atoms with Gasteiger partial charge in [0, 0.05) is 16.8 Å². The SMILES string of the molecule is COc1ccc(C(=O)Nc2ccc(C)c(C)c2)cc1COc1ccc(C)cc1. The van der Waals surface area contributed by atoms with E-state index < -0.39 is 0 Å². The molecule has 4 nitrogen and oxygen atoms in total. The molecule has 0 saturated carbocycles. The number of anilines is 1. The van der Waals surface area contributed by atoms with Crippen LogP contribution in [0.3, 0.4) is 0 Å². The van der Waals surface area contributed by atoms with Gasteiger partial charge >= 0.3 is 0 Å². The third-order valence-corrected chi connectivity index (χ3v) is 4.72. The maximum absolute atomic E-state index is 12.7. The van der Waals surface area contributed by atoms with Crippen molar-refractivity contribution in [3.05, 3.63) is 88.5 Å². The van der Waals surface area contributed by atoms with E-state index >= 15 is 0 Å². The van der Waals surface area contributed by atoms with E-state index in [2.05, 4.69) is 5.32 Å². The average molecular weight is 375 g/mol. The van der Waals surface area contributed by atoms with E-state index in [1.165, 1.54) is 11.1 Å². The van der Waals surface area contributed by atoms with Crippen molar-refractivity contribution in [2.75, 3.05) is 12.4 Å². The monoisotopic (exact) mass is 375 g/mol. The fourth-order valence-corrected chi connectivity index (χ4v) is 2.85. The molecular formula is C24H25NO3. The highest BCUT2D eigenvalue weighted by Gasteiger charge is 2.12. The van der Waals surface area contributed by atoms with Crippen molar-refractivity contribution in [3.8, 4) is 11.5 Å². The van der Waals surface area contributed by atoms with Gasteiger partial charge in [0.1, 0.15) is 18.1 Å². The van der Waals surface area contributed by atoms with Crippen LogP contribution in [0.25, 0.3) is 0 Å². The van der Waals surface area contributed by atoms with E-state index in [4.69, 9.17) is 9.47 Å². The lowest BCUT2D eigenvalue weighted by Crippen LogP contribution is -2.13. The van der Waals surface area contributed by atoms with Crippen molar-refractivity contribution >= 4 is 11.6 Å². The second kappa shape index (κ2) is 8.61. The second-order valence-corrected chi connectivity index (χ2v) is 6.88. The molecule has 1 N–H and O–H groups in total. The Kier molecular flexibility index (Phi) is 5.99. The van der Waals surface area contributed by atoms with E-state index in [1.54, 1.807) is 19.2 Å². The topological polar surface area (TPSA) is 47.6 Å². The van der Waals surface area contributed by atoms with Crippen molar-refractivity contribution in [1.29, 1.82) is 0 Å². The highest BCUT2D eigenvalue weighted by atomic mass is 16.5. The largest absolute Gasteiger partial charge is 0.496 e. The average Bonchev–Trinajstić information content (AvgIpc) is 2.70. The van der Waals surface area contributed by atoms with Crippen LogP contribution in [0.2, 0.25) is 0 Å². The summed E-state index contributed by atoms with van der Waals surface area (Å²) in [6, 6.07) is 19.1. The number of carbonyl (C=O) groups excluding carboxylic acids is 1. The number of rotatable bonds is 6. The smallest absolute Gasteiger partial charge is 0.255 e. The third kappa shape index (κ3) is 4.71. The van der Waals surface area contributed by atoms with Gasteiger partial charge in [-0.05, 0) is 74.4 Å². The van der Waals surface area contributed by atoms with E-state index in [0.29, 0.717) is 17.9 Å². The van der Waals surface area contributed by atoms with Gasteiger partial charge in [-0.1, -0.05) is 23.8 Å². The number of aryl methyl sites for hydroxylation is 3. The number of benzene rings is 3. The molecule has 0 aliphatic heterocycles. The summed E-state index contributed by atoms with van der Waals surface area (Å²) in [7, 11) is 1.61.